The van der Waals surface area contributed by atoms with Gasteiger partial charge in [0.1, 0.15) is 0 Å². The summed E-state index contributed by atoms with van der Waals surface area (Å²) < 4.78 is 0. The Hall–Kier alpha value is -0.0800. The predicted octanol–water partition coefficient (Wildman–Crippen LogP) is 1.47. The molecule has 1 atom stereocenters. The molecule has 1 unspecified atom stereocenters. The minimum Gasteiger partial charge on any atom is -0.317 e. The van der Waals surface area contributed by atoms with Crippen LogP contribution in [0.3, 0.4) is 0 Å². The molecule has 2 heteroatoms. The van der Waals surface area contributed by atoms with Crippen molar-refractivity contribution in [2.24, 2.45) is 5.92 Å². The van der Waals surface area contributed by atoms with Gasteiger partial charge in [0.2, 0.25) is 0 Å². The topological polar surface area (TPSA) is 15.3 Å². The minimum atomic E-state index is 0.901. The van der Waals surface area contributed by atoms with Gasteiger partial charge in [-0.05, 0) is 38.3 Å². The molecule has 76 valence electrons. The van der Waals surface area contributed by atoms with Gasteiger partial charge in [-0.15, -0.1) is 0 Å². The molecular formula is C11H22N2. The van der Waals surface area contributed by atoms with Gasteiger partial charge in [-0.25, -0.2) is 0 Å². The van der Waals surface area contributed by atoms with Crippen molar-refractivity contribution in [1.29, 1.82) is 0 Å². The second-order valence-corrected chi connectivity index (χ2v) is 4.56. The molecule has 2 nitrogen and oxygen atoms in total. The van der Waals surface area contributed by atoms with Gasteiger partial charge in [0.05, 0.1) is 0 Å². The predicted molar refractivity (Wildman–Crippen MR) is 55.9 cm³/mol. The lowest BCUT2D eigenvalue weighted by atomic mass is 9.93. The lowest BCUT2D eigenvalue weighted by Crippen LogP contribution is -2.51. The number of hydrogen-bond donors (Lipinski definition) is 1. The molecular weight excluding hydrogens is 160 g/mol. The first-order valence-electron chi connectivity index (χ1n) is 5.85. The second-order valence-electron chi connectivity index (χ2n) is 4.56. The van der Waals surface area contributed by atoms with Crippen LogP contribution in [0.5, 0.6) is 0 Å². The van der Waals surface area contributed by atoms with Crippen molar-refractivity contribution in [1.82, 2.24) is 10.2 Å². The smallest absolute Gasteiger partial charge is 0.0108 e. The van der Waals surface area contributed by atoms with Crippen LogP contribution in [0.4, 0.5) is 0 Å². The Kier molecular flexibility index (Phi) is 3.23. The zero-order valence-corrected chi connectivity index (χ0v) is 8.76. The zero-order chi connectivity index (χ0) is 9.10. The highest BCUT2D eigenvalue weighted by molar-refractivity contribution is 4.86. The van der Waals surface area contributed by atoms with E-state index < -0.39 is 0 Å². The van der Waals surface area contributed by atoms with E-state index in [4.69, 9.17) is 0 Å². The first kappa shape index (κ1) is 9.47. The van der Waals surface area contributed by atoms with Gasteiger partial charge in [0.15, 0.2) is 0 Å². The average Bonchev–Trinajstić information content (AvgIpc) is 2.31. The Morgan fingerprint density at radius 3 is 2.85 bits per heavy atom. The maximum Gasteiger partial charge on any atom is 0.0108 e. The van der Waals surface area contributed by atoms with E-state index in [2.05, 4.69) is 17.1 Å². The van der Waals surface area contributed by atoms with Crippen LogP contribution < -0.4 is 5.32 Å². The Morgan fingerprint density at radius 2 is 2.08 bits per heavy atom. The largest absolute Gasteiger partial charge is 0.317 e. The van der Waals surface area contributed by atoms with Crippen molar-refractivity contribution in [3.05, 3.63) is 0 Å². The zero-order valence-electron chi connectivity index (χ0n) is 8.76. The fraction of sp³-hybridized carbons (Fsp3) is 1.00. The lowest BCUT2D eigenvalue weighted by molar-refractivity contribution is 0.0450. The van der Waals surface area contributed by atoms with E-state index in [1.54, 1.807) is 0 Å². The van der Waals surface area contributed by atoms with Crippen LogP contribution >= 0.6 is 0 Å². The van der Waals surface area contributed by atoms with Crippen LogP contribution in [0.2, 0.25) is 0 Å². The van der Waals surface area contributed by atoms with Crippen molar-refractivity contribution in [3.8, 4) is 0 Å². The highest BCUT2D eigenvalue weighted by Crippen LogP contribution is 2.25. The highest BCUT2D eigenvalue weighted by atomic mass is 15.2. The normalized spacial score (nSPS) is 32.5. The molecule has 2 rings (SSSR count). The number of hydrogen-bond acceptors (Lipinski definition) is 2. The van der Waals surface area contributed by atoms with Gasteiger partial charge < -0.3 is 5.32 Å². The van der Waals surface area contributed by atoms with Gasteiger partial charge in [-0.2, -0.15) is 0 Å². The average molecular weight is 182 g/mol. The summed E-state index contributed by atoms with van der Waals surface area (Å²) in [4.78, 5) is 2.70. The van der Waals surface area contributed by atoms with E-state index in [0.717, 1.165) is 12.0 Å². The quantitative estimate of drug-likeness (QED) is 0.695. The molecule has 0 saturated carbocycles. The van der Waals surface area contributed by atoms with E-state index in [9.17, 15) is 0 Å². The van der Waals surface area contributed by atoms with E-state index in [1.807, 2.05) is 0 Å². The van der Waals surface area contributed by atoms with Gasteiger partial charge in [-0.3, -0.25) is 4.90 Å². The van der Waals surface area contributed by atoms with Crippen molar-refractivity contribution in [3.63, 3.8) is 0 Å². The first-order valence-corrected chi connectivity index (χ1v) is 5.85. The van der Waals surface area contributed by atoms with Crippen molar-refractivity contribution in [2.45, 2.75) is 38.6 Å². The standard InChI is InChI=1S/C11H22N2/c1-2-10-8-13(9-10)11-4-3-6-12-7-5-11/h10-12H,2-9H2,1H3. The molecule has 1 N–H and O–H groups in total. The summed E-state index contributed by atoms with van der Waals surface area (Å²) >= 11 is 0. The summed E-state index contributed by atoms with van der Waals surface area (Å²) in [6.07, 6.45) is 5.54. The molecule has 2 aliphatic rings. The van der Waals surface area contributed by atoms with E-state index in [0.29, 0.717) is 0 Å². The van der Waals surface area contributed by atoms with Gasteiger partial charge >= 0.3 is 0 Å². The van der Waals surface area contributed by atoms with Crippen LogP contribution in [0.15, 0.2) is 0 Å². The molecule has 0 spiro atoms. The number of rotatable bonds is 2. The summed E-state index contributed by atoms with van der Waals surface area (Å²) in [5.41, 5.74) is 0. The third-order valence-electron chi connectivity index (χ3n) is 3.62. The van der Waals surface area contributed by atoms with Crippen molar-refractivity contribution >= 4 is 0 Å². The summed E-state index contributed by atoms with van der Waals surface area (Å²) in [6, 6.07) is 0.901. The number of nitrogens with one attached hydrogen (secondary N) is 1. The molecule has 2 fully saturated rings. The number of nitrogens with zero attached hydrogens (tertiary/aromatic N) is 1. The first-order chi connectivity index (χ1) is 6.40. The number of likely N-dealkylation sites (tertiary alicyclic amines) is 1. The molecule has 0 aromatic rings. The summed E-state index contributed by atoms with van der Waals surface area (Å²) in [7, 11) is 0. The third kappa shape index (κ3) is 2.23. The minimum absolute atomic E-state index is 0.901. The summed E-state index contributed by atoms with van der Waals surface area (Å²) in [6.45, 7) is 7.54. The van der Waals surface area contributed by atoms with Crippen molar-refractivity contribution < 1.29 is 0 Å². The second kappa shape index (κ2) is 4.43. The van der Waals surface area contributed by atoms with E-state index >= 15 is 0 Å². The molecule has 0 radical (unpaired) electrons. The molecule has 0 amide bonds. The molecule has 2 aliphatic heterocycles. The van der Waals surface area contributed by atoms with E-state index in [1.165, 1.54) is 51.9 Å². The fourth-order valence-corrected chi connectivity index (χ4v) is 2.53. The molecule has 0 aromatic heterocycles. The van der Waals surface area contributed by atoms with Crippen molar-refractivity contribution in [2.75, 3.05) is 26.2 Å². The fourth-order valence-electron chi connectivity index (χ4n) is 2.53. The highest BCUT2D eigenvalue weighted by Gasteiger charge is 2.30. The Labute approximate surface area is 81.7 Å². The molecule has 2 heterocycles. The van der Waals surface area contributed by atoms with Crippen LogP contribution in [0.1, 0.15) is 32.6 Å². The molecule has 0 bridgehead atoms. The lowest BCUT2D eigenvalue weighted by Gasteiger charge is -2.44. The molecule has 2 saturated heterocycles. The maximum atomic E-state index is 3.48. The Morgan fingerprint density at radius 1 is 1.23 bits per heavy atom. The van der Waals surface area contributed by atoms with Gasteiger partial charge in [0, 0.05) is 19.1 Å². The van der Waals surface area contributed by atoms with Gasteiger partial charge in [-0.1, -0.05) is 13.3 Å². The molecule has 0 aromatic carbocycles. The molecule has 13 heavy (non-hydrogen) atoms. The summed E-state index contributed by atoms with van der Waals surface area (Å²) in [5.74, 6) is 1.01. The SMILES string of the molecule is CCC1CN(C2CCCNCC2)C1. The monoisotopic (exact) mass is 182 g/mol. The van der Waals surface area contributed by atoms with Crippen LogP contribution in [0.25, 0.3) is 0 Å². The molecule has 0 aliphatic carbocycles. The Balaban J connectivity index is 1.74. The van der Waals surface area contributed by atoms with Crippen LogP contribution in [-0.4, -0.2) is 37.1 Å². The van der Waals surface area contributed by atoms with Crippen LogP contribution in [0, 0.1) is 5.92 Å². The van der Waals surface area contributed by atoms with Gasteiger partial charge in [0.25, 0.3) is 0 Å². The summed E-state index contributed by atoms with van der Waals surface area (Å²) in [5, 5.41) is 3.48. The van der Waals surface area contributed by atoms with Crippen LogP contribution in [-0.2, 0) is 0 Å². The Bertz CT molecular complexity index is 144. The van der Waals surface area contributed by atoms with E-state index in [-0.39, 0.29) is 0 Å². The third-order valence-corrected chi connectivity index (χ3v) is 3.62. The maximum absolute atomic E-state index is 3.48.